The van der Waals surface area contributed by atoms with E-state index in [0.29, 0.717) is 17.4 Å². The van der Waals surface area contributed by atoms with E-state index in [4.69, 9.17) is 5.73 Å². The van der Waals surface area contributed by atoms with Crippen molar-refractivity contribution in [3.05, 3.63) is 23.9 Å². The Balaban J connectivity index is 2.92. The van der Waals surface area contributed by atoms with Crippen molar-refractivity contribution in [2.75, 3.05) is 12.3 Å². The van der Waals surface area contributed by atoms with Gasteiger partial charge in [0.25, 0.3) is 5.91 Å². The Morgan fingerprint density at radius 3 is 2.47 bits per heavy atom. The molecule has 0 saturated heterocycles. The molecule has 1 heterocycles. The normalized spacial score (nSPS) is 10.9. The van der Waals surface area contributed by atoms with Crippen LogP contribution in [0.1, 0.15) is 38.2 Å². The maximum Gasteiger partial charge on any atom is 0.272 e. The zero-order valence-corrected chi connectivity index (χ0v) is 11.0. The molecule has 4 nitrogen and oxygen atoms in total. The Bertz CT molecular complexity index is 388. The Morgan fingerprint density at radius 1 is 1.35 bits per heavy atom. The van der Waals surface area contributed by atoms with Crippen LogP contribution in [-0.4, -0.2) is 28.4 Å². The molecule has 0 atom stereocenters. The smallest absolute Gasteiger partial charge is 0.272 e. The van der Waals surface area contributed by atoms with Crippen molar-refractivity contribution in [3.63, 3.8) is 0 Å². The van der Waals surface area contributed by atoms with E-state index >= 15 is 0 Å². The average molecular weight is 235 g/mol. The van der Waals surface area contributed by atoms with E-state index in [1.165, 1.54) is 0 Å². The number of amides is 1. The quantitative estimate of drug-likeness (QED) is 0.870. The van der Waals surface area contributed by atoms with E-state index in [1.807, 2.05) is 18.7 Å². The topological polar surface area (TPSA) is 59.2 Å². The van der Waals surface area contributed by atoms with Gasteiger partial charge in [-0.15, -0.1) is 0 Å². The van der Waals surface area contributed by atoms with Gasteiger partial charge < -0.3 is 10.6 Å². The van der Waals surface area contributed by atoms with Gasteiger partial charge in [0, 0.05) is 12.6 Å². The molecule has 0 aliphatic rings. The van der Waals surface area contributed by atoms with Gasteiger partial charge in [-0.3, -0.25) is 4.79 Å². The molecule has 1 amide bonds. The predicted molar refractivity (Wildman–Crippen MR) is 69.7 cm³/mol. The van der Waals surface area contributed by atoms with Crippen molar-refractivity contribution in [1.29, 1.82) is 0 Å². The van der Waals surface area contributed by atoms with Crippen molar-refractivity contribution in [2.24, 2.45) is 5.92 Å². The second-order valence-electron chi connectivity index (χ2n) is 4.89. The molecule has 1 aromatic rings. The molecule has 17 heavy (non-hydrogen) atoms. The summed E-state index contributed by atoms with van der Waals surface area (Å²) in [6.45, 7) is 8.93. The largest absolute Gasteiger partial charge is 0.384 e. The summed E-state index contributed by atoms with van der Waals surface area (Å²) in [5, 5.41) is 0. The molecular weight excluding hydrogens is 214 g/mol. The third-order valence-corrected chi connectivity index (χ3v) is 2.44. The third kappa shape index (κ3) is 3.73. The van der Waals surface area contributed by atoms with Crippen LogP contribution in [-0.2, 0) is 0 Å². The number of aromatic nitrogens is 1. The number of anilines is 1. The second-order valence-corrected chi connectivity index (χ2v) is 4.89. The Kier molecular flexibility index (Phi) is 4.49. The van der Waals surface area contributed by atoms with Crippen molar-refractivity contribution in [3.8, 4) is 0 Å². The molecule has 94 valence electrons. The number of nitrogens with two attached hydrogens (primary N) is 1. The lowest BCUT2D eigenvalue weighted by molar-refractivity contribution is 0.0676. The molecule has 0 saturated carbocycles. The Labute approximate surface area is 103 Å². The van der Waals surface area contributed by atoms with E-state index in [9.17, 15) is 4.79 Å². The summed E-state index contributed by atoms with van der Waals surface area (Å²) < 4.78 is 0. The number of hydrogen-bond donors (Lipinski definition) is 1. The van der Waals surface area contributed by atoms with E-state index in [-0.39, 0.29) is 11.9 Å². The first-order valence-electron chi connectivity index (χ1n) is 5.95. The molecule has 0 radical (unpaired) electrons. The summed E-state index contributed by atoms with van der Waals surface area (Å²) in [6.07, 6.45) is 0. The standard InChI is InChI=1S/C13H21N3O/c1-9(2)8-16(10(3)4)13(17)11-6-5-7-12(14)15-11/h5-7,9-10H,8H2,1-4H3,(H2,14,15). The molecule has 4 heteroatoms. The molecule has 1 rings (SSSR count). The van der Waals surface area contributed by atoms with Crippen LogP contribution in [0.3, 0.4) is 0 Å². The molecule has 0 unspecified atom stereocenters. The molecule has 0 fully saturated rings. The average Bonchev–Trinajstić information content (AvgIpc) is 2.24. The van der Waals surface area contributed by atoms with Crippen LogP contribution < -0.4 is 5.73 Å². The lowest BCUT2D eigenvalue weighted by Gasteiger charge is -2.28. The molecule has 0 aromatic carbocycles. The number of rotatable bonds is 4. The first kappa shape index (κ1) is 13.5. The fourth-order valence-corrected chi connectivity index (χ4v) is 1.64. The van der Waals surface area contributed by atoms with E-state index in [1.54, 1.807) is 18.2 Å². The Morgan fingerprint density at radius 2 is 2.00 bits per heavy atom. The fourth-order valence-electron chi connectivity index (χ4n) is 1.64. The lowest BCUT2D eigenvalue weighted by atomic mass is 10.1. The van der Waals surface area contributed by atoms with Gasteiger partial charge in [0.05, 0.1) is 0 Å². The van der Waals surface area contributed by atoms with E-state index in [2.05, 4.69) is 18.8 Å². The number of pyridine rings is 1. The van der Waals surface area contributed by atoms with Crippen LogP contribution in [0.5, 0.6) is 0 Å². The van der Waals surface area contributed by atoms with Crippen LogP contribution >= 0.6 is 0 Å². The van der Waals surface area contributed by atoms with Gasteiger partial charge in [-0.2, -0.15) is 0 Å². The van der Waals surface area contributed by atoms with Crippen molar-refractivity contribution < 1.29 is 4.79 Å². The summed E-state index contributed by atoms with van der Waals surface area (Å²) in [4.78, 5) is 18.2. The first-order chi connectivity index (χ1) is 7.91. The van der Waals surface area contributed by atoms with Crippen molar-refractivity contribution in [1.82, 2.24) is 9.88 Å². The summed E-state index contributed by atoms with van der Waals surface area (Å²) in [5.41, 5.74) is 6.01. The van der Waals surface area contributed by atoms with Gasteiger partial charge in [0.2, 0.25) is 0 Å². The highest BCUT2D eigenvalue weighted by atomic mass is 16.2. The zero-order valence-electron chi connectivity index (χ0n) is 11.0. The second kappa shape index (κ2) is 5.66. The summed E-state index contributed by atoms with van der Waals surface area (Å²) in [6, 6.07) is 5.30. The highest BCUT2D eigenvalue weighted by Gasteiger charge is 2.20. The predicted octanol–water partition coefficient (Wildman–Crippen LogP) is 2.17. The minimum Gasteiger partial charge on any atom is -0.384 e. The number of carbonyl (C=O) groups is 1. The lowest BCUT2D eigenvalue weighted by Crippen LogP contribution is -2.39. The number of hydrogen-bond acceptors (Lipinski definition) is 3. The highest BCUT2D eigenvalue weighted by molar-refractivity contribution is 5.92. The number of carbonyl (C=O) groups excluding carboxylic acids is 1. The monoisotopic (exact) mass is 235 g/mol. The minimum atomic E-state index is -0.0546. The van der Waals surface area contributed by atoms with Gasteiger partial charge in [0.1, 0.15) is 11.5 Å². The molecule has 0 spiro atoms. The van der Waals surface area contributed by atoms with Gasteiger partial charge in [0.15, 0.2) is 0 Å². The fraction of sp³-hybridized carbons (Fsp3) is 0.538. The summed E-state index contributed by atoms with van der Waals surface area (Å²) in [7, 11) is 0. The summed E-state index contributed by atoms with van der Waals surface area (Å²) in [5.74, 6) is 0.757. The van der Waals surface area contributed by atoms with Gasteiger partial charge >= 0.3 is 0 Å². The van der Waals surface area contributed by atoms with Gasteiger partial charge in [-0.05, 0) is 31.9 Å². The van der Waals surface area contributed by atoms with Crippen LogP contribution in [0.4, 0.5) is 5.82 Å². The molecular formula is C13H21N3O. The third-order valence-electron chi connectivity index (χ3n) is 2.44. The molecule has 2 N–H and O–H groups in total. The maximum atomic E-state index is 12.3. The summed E-state index contributed by atoms with van der Waals surface area (Å²) >= 11 is 0. The molecule has 0 aliphatic carbocycles. The van der Waals surface area contributed by atoms with Crippen LogP contribution in [0.2, 0.25) is 0 Å². The van der Waals surface area contributed by atoms with E-state index in [0.717, 1.165) is 6.54 Å². The van der Waals surface area contributed by atoms with Gasteiger partial charge in [-0.1, -0.05) is 19.9 Å². The zero-order chi connectivity index (χ0) is 13.0. The van der Waals surface area contributed by atoms with Crippen LogP contribution in [0, 0.1) is 5.92 Å². The van der Waals surface area contributed by atoms with Crippen molar-refractivity contribution >= 4 is 11.7 Å². The van der Waals surface area contributed by atoms with E-state index < -0.39 is 0 Å². The molecule has 0 aliphatic heterocycles. The number of nitrogen functional groups attached to an aromatic ring is 1. The Hall–Kier alpha value is -1.58. The molecule has 0 bridgehead atoms. The van der Waals surface area contributed by atoms with Crippen LogP contribution in [0.15, 0.2) is 18.2 Å². The first-order valence-corrected chi connectivity index (χ1v) is 5.95. The minimum absolute atomic E-state index is 0.0546. The van der Waals surface area contributed by atoms with Crippen molar-refractivity contribution in [2.45, 2.75) is 33.7 Å². The van der Waals surface area contributed by atoms with Gasteiger partial charge in [-0.25, -0.2) is 4.98 Å². The van der Waals surface area contributed by atoms with Crippen LogP contribution in [0.25, 0.3) is 0 Å². The maximum absolute atomic E-state index is 12.3. The highest BCUT2D eigenvalue weighted by Crippen LogP contribution is 2.10. The molecule has 1 aromatic heterocycles. The number of nitrogens with zero attached hydrogens (tertiary/aromatic N) is 2. The SMILES string of the molecule is CC(C)CN(C(=O)c1cccc(N)n1)C(C)C.